The number of aromatic amines is 1. The monoisotopic (exact) mass is 315 g/mol. The lowest BCUT2D eigenvalue weighted by molar-refractivity contribution is -0.209. The highest BCUT2D eigenvalue weighted by Gasteiger charge is 2.68. The molecule has 6 nitrogen and oxygen atoms in total. The molecule has 3 saturated carbocycles. The summed E-state index contributed by atoms with van der Waals surface area (Å²) in [4.78, 5) is 10.8. The first-order valence-electron chi connectivity index (χ1n) is 7.99. The molecule has 7 heteroatoms. The van der Waals surface area contributed by atoms with Crippen LogP contribution in [0.2, 0.25) is 0 Å². The van der Waals surface area contributed by atoms with E-state index in [1.165, 1.54) is 0 Å². The molecule has 2 aromatic rings. The number of nitrogens with zero attached hydrogens (tertiary/aromatic N) is 3. The average molecular weight is 315 g/mol. The van der Waals surface area contributed by atoms with E-state index in [0.717, 1.165) is 54.6 Å². The first-order valence-corrected chi connectivity index (χ1v) is 7.99. The minimum Gasteiger partial charge on any atom is -0.357 e. The van der Waals surface area contributed by atoms with Crippen molar-refractivity contribution in [2.24, 2.45) is 10.5 Å². The minimum atomic E-state index is -0.815. The van der Waals surface area contributed by atoms with Gasteiger partial charge in [0, 0.05) is 48.0 Å². The number of rotatable bonds is 7. The molecule has 0 atom stereocenters. The van der Waals surface area contributed by atoms with Gasteiger partial charge in [-0.25, -0.2) is 4.39 Å². The molecular formula is C16H20FN6+. The Kier molecular flexibility index (Phi) is 3.28. The van der Waals surface area contributed by atoms with Crippen molar-refractivity contribution in [1.82, 2.24) is 20.2 Å². The van der Waals surface area contributed by atoms with Crippen LogP contribution >= 0.6 is 0 Å². The van der Waals surface area contributed by atoms with Crippen molar-refractivity contribution in [1.29, 1.82) is 5.53 Å². The number of pyridine rings is 1. The Bertz CT molecular complexity index is 771. The van der Waals surface area contributed by atoms with Crippen LogP contribution in [0.25, 0.3) is 10.9 Å². The third kappa shape index (κ3) is 2.66. The Hall–Kier alpha value is -2.11. The Labute approximate surface area is 133 Å². The SMILES string of the molecule is N=[N+]=NCCc1cc2[nH]c(CNCC34CC(F)(C3)C4)cc2cn1. The van der Waals surface area contributed by atoms with Crippen LogP contribution in [0.4, 0.5) is 4.39 Å². The van der Waals surface area contributed by atoms with Crippen molar-refractivity contribution < 1.29 is 4.39 Å². The summed E-state index contributed by atoms with van der Waals surface area (Å²) < 4.78 is 13.5. The number of halogens is 1. The van der Waals surface area contributed by atoms with E-state index in [1.807, 2.05) is 12.3 Å². The number of H-pyrrole nitrogens is 1. The predicted molar refractivity (Wildman–Crippen MR) is 83.8 cm³/mol. The van der Waals surface area contributed by atoms with Gasteiger partial charge in [-0.05, 0) is 36.8 Å². The molecular weight excluding hydrogens is 295 g/mol. The highest BCUT2D eigenvalue weighted by Crippen LogP contribution is 2.69. The van der Waals surface area contributed by atoms with E-state index in [-0.39, 0.29) is 5.41 Å². The molecule has 3 N–H and O–H groups in total. The Morgan fingerprint density at radius 3 is 2.96 bits per heavy atom. The van der Waals surface area contributed by atoms with Crippen LogP contribution < -0.4 is 10.2 Å². The molecule has 5 rings (SSSR count). The normalized spacial score (nSPS) is 28.0. The number of hydrogen-bond acceptors (Lipinski definition) is 4. The van der Waals surface area contributed by atoms with Gasteiger partial charge in [0.05, 0.1) is 0 Å². The smallest absolute Gasteiger partial charge is 0.214 e. The summed E-state index contributed by atoms with van der Waals surface area (Å²) >= 11 is 0. The standard InChI is InChI=1S/C16H20FN6/c17-16-7-15(8-16,9-16)10-19-6-13-3-11-5-20-12(1-2-21-23-18)4-14(11)22-13/h3-5,18-19,22H,1-2,6-10H2/q+1. The zero-order chi connectivity index (χ0) is 15.9. The van der Waals surface area contributed by atoms with E-state index in [0.29, 0.717) is 13.0 Å². The van der Waals surface area contributed by atoms with Crippen LogP contribution in [0.15, 0.2) is 23.4 Å². The van der Waals surface area contributed by atoms with Gasteiger partial charge in [0.15, 0.2) is 0 Å². The van der Waals surface area contributed by atoms with Gasteiger partial charge in [-0.2, -0.15) is 0 Å². The van der Waals surface area contributed by atoms with Crippen molar-refractivity contribution in [2.75, 3.05) is 13.1 Å². The van der Waals surface area contributed by atoms with Gasteiger partial charge in [0.25, 0.3) is 0 Å². The molecule has 0 spiro atoms. The van der Waals surface area contributed by atoms with E-state index >= 15 is 0 Å². The number of hydrogen-bond donors (Lipinski definition) is 3. The quantitative estimate of drug-likeness (QED) is 0.541. The predicted octanol–water partition coefficient (Wildman–Crippen LogP) is 2.64. The van der Waals surface area contributed by atoms with Gasteiger partial charge in [-0.1, -0.05) is 0 Å². The first-order chi connectivity index (χ1) is 11.1. The lowest BCUT2D eigenvalue weighted by Crippen LogP contribution is -2.67. The van der Waals surface area contributed by atoms with Crippen LogP contribution in [-0.4, -0.2) is 28.7 Å². The molecule has 0 saturated heterocycles. The molecule has 3 fully saturated rings. The maximum Gasteiger partial charge on any atom is 0.214 e. The molecule has 0 amide bonds. The maximum atomic E-state index is 13.5. The van der Waals surface area contributed by atoms with Crippen LogP contribution in [0.1, 0.15) is 30.7 Å². The zero-order valence-corrected chi connectivity index (χ0v) is 12.9. The summed E-state index contributed by atoms with van der Waals surface area (Å²) in [5, 5.41) is 8.18. The van der Waals surface area contributed by atoms with E-state index in [9.17, 15) is 4.39 Å². The van der Waals surface area contributed by atoms with E-state index < -0.39 is 5.67 Å². The molecule has 3 aliphatic carbocycles. The Morgan fingerprint density at radius 1 is 1.39 bits per heavy atom. The van der Waals surface area contributed by atoms with E-state index in [2.05, 4.69) is 31.4 Å². The summed E-state index contributed by atoms with van der Waals surface area (Å²) in [6.45, 7) is 2.14. The fourth-order valence-electron chi connectivity index (χ4n) is 4.09. The fourth-order valence-corrected chi connectivity index (χ4v) is 4.09. The van der Waals surface area contributed by atoms with Gasteiger partial charge in [0.2, 0.25) is 4.91 Å². The summed E-state index contributed by atoms with van der Waals surface area (Å²) in [6.07, 6.45) is 4.75. The molecule has 0 aliphatic heterocycles. The third-order valence-corrected chi connectivity index (χ3v) is 5.05. The number of fused-ring (bicyclic) bond motifs is 1. The van der Waals surface area contributed by atoms with Crippen LogP contribution in [0.3, 0.4) is 0 Å². The Balaban J connectivity index is 1.35. The molecule has 2 aromatic heterocycles. The molecule has 0 unspecified atom stereocenters. The molecule has 2 heterocycles. The number of aromatic nitrogens is 2. The van der Waals surface area contributed by atoms with Crippen LogP contribution in [-0.2, 0) is 13.0 Å². The van der Waals surface area contributed by atoms with Gasteiger partial charge >= 0.3 is 0 Å². The number of nitrogens with one attached hydrogen (secondary N) is 3. The Morgan fingerprint density at radius 2 is 2.22 bits per heavy atom. The topological polar surface area (TPSA) is 91.0 Å². The highest BCUT2D eigenvalue weighted by molar-refractivity contribution is 5.79. The van der Waals surface area contributed by atoms with Gasteiger partial charge in [-0.3, -0.25) is 4.98 Å². The average Bonchev–Trinajstić information content (AvgIpc) is 2.86. The lowest BCUT2D eigenvalue weighted by atomic mass is 9.42. The van der Waals surface area contributed by atoms with Gasteiger partial charge < -0.3 is 10.3 Å². The third-order valence-electron chi connectivity index (χ3n) is 5.05. The maximum absolute atomic E-state index is 13.5. The van der Waals surface area contributed by atoms with Crippen molar-refractivity contribution in [2.45, 2.75) is 37.9 Å². The second-order valence-corrected chi connectivity index (χ2v) is 7.06. The summed E-state index contributed by atoms with van der Waals surface area (Å²) in [7, 11) is 0. The molecule has 120 valence electrons. The van der Waals surface area contributed by atoms with E-state index in [4.69, 9.17) is 5.53 Å². The van der Waals surface area contributed by atoms with Crippen molar-refractivity contribution in [3.63, 3.8) is 0 Å². The lowest BCUT2D eigenvalue weighted by Gasteiger charge is -2.66. The molecule has 0 aromatic carbocycles. The van der Waals surface area contributed by atoms with Crippen LogP contribution in [0, 0.1) is 10.9 Å². The molecule has 23 heavy (non-hydrogen) atoms. The number of alkyl halides is 1. The van der Waals surface area contributed by atoms with Crippen LogP contribution in [0.5, 0.6) is 0 Å². The minimum absolute atomic E-state index is 0.238. The van der Waals surface area contributed by atoms with Gasteiger partial charge in [-0.15, -0.1) is 0 Å². The second-order valence-electron chi connectivity index (χ2n) is 7.06. The fraction of sp³-hybridized carbons (Fsp3) is 0.562. The van der Waals surface area contributed by atoms with E-state index in [1.54, 1.807) is 0 Å². The summed E-state index contributed by atoms with van der Waals surface area (Å²) in [5.41, 5.74) is 9.18. The molecule has 0 radical (unpaired) electrons. The van der Waals surface area contributed by atoms with Gasteiger partial charge in [0.1, 0.15) is 22.9 Å². The van der Waals surface area contributed by atoms with Crippen molar-refractivity contribution in [3.05, 3.63) is 29.7 Å². The summed E-state index contributed by atoms with van der Waals surface area (Å²) in [5.74, 6) is 0. The molecule has 2 bridgehead atoms. The zero-order valence-electron chi connectivity index (χ0n) is 12.9. The first kappa shape index (κ1) is 14.5. The van der Waals surface area contributed by atoms with Crippen molar-refractivity contribution >= 4 is 10.9 Å². The van der Waals surface area contributed by atoms with Crippen molar-refractivity contribution in [3.8, 4) is 0 Å². The molecule has 3 aliphatic rings. The second kappa shape index (κ2) is 5.22. The summed E-state index contributed by atoms with van der Waals surface area (Å²) in [6, 6.07) is 4.12. The largest absolute Gasteiger partial charge is 0.357 e. The highest BCUT2D eigenvalue weighted by atomic mass is 19.1.